The summed E-state index contributed by atoms with van der Waals surface area (Å²) in [5, 5.41) is 20.3. The minimum Gasteiger partial charge on any atom is -0.362 e. The number of benzene rings is 1. The summed E-state index contributed by atoms with van der Waals surface area (Å²) in [7, 11) is 0. The third-order valence-electron chi connectivity index (χ3n) is 4.05. The predicted octanol–water partition coefficient (Wildman–Crippen LogP) is 2.72. The van der Waals surface area contributed by atoms with Crippen molar-refractivity contribution in [3.05, 3.63) is 72.6 Å². The van der Waals surface area contributed by atoms with Gasteiger partial charge < -0.3 is 5.32 Å². The normalized spacial score (nSPS) is 12.1. The summed E-state index contributed by atoms with van der Waals surface area (Å²) in [6, 6.07) is 14.0. The second-order valence-electron chi connectivity index (χ2n) is 5.98. The van der Waals surface area contributed by atoms with Crippen LogP contribution in [0.2, 0.25) is 0 Å². The van der Waals surface area contributed by atoms with E-state index in [1.54, 1.807) is 15.7 Å². The Bertz CT molecular complexity index is 971. The molecule has 130 valence electrons. The summed E-state index contributed by atoms with van der Waals surface area (Å²) in [4.78, 5) is 3.96. The minimum atomic E-state index is 0.0897. The van der Waals surface area contributed by atoms with Crippen LogP contribution in [-0.4, -0.2) is 34.7 Å². The van der Waals surface area contributed by atoms with Crippen molar-refractivity contribution in [1.29, 1.82) is 0 Å². The van der Waals surface area contributed by atoms with Crippen molar-refractivity contribution < 1.29 is 0 Å². The van der Waals surface area contributed by atoms with E-state index in [0.29, 0.717) is 11.6 Å². The van der Waals surface area contributed by atoms with Gasteiger partial charge in [0.15, 0.2) is 5.82 Å². The maximum Gasteiger partial charge on any atom is 0.175 e. The molecule has 8 heteroatoms. The van der Waals surface area contributed by atoms with Gasteiger partial charge in [0, 0.05) is 6.20 Å². The Balaban J connectivity index is 1.45. The third-order valence-corrected chi connectivity index (χ3v) is 4.05. The molecule has 0 saturated carbocycles. The Morgan fingerprint density at radius 2 is 1.81 bits per heavy atom. The second kappa shape index (κ2) is 6.75. The van der Waals surface area contributed by atoms with Gasteiger partial charge in [-0.05, 0) is 49.7 Å². The van der Waals surface area contributed by atoms with Crippen LogP contribution in [0.15, 0.2) is 61.3 Å². The van der Waals surface area contributed by atoms with Crippen LogP contribution in [0.5, 0.6) is 0 Å². The number of hydrogen-bond acceptors (Lipinski definition) is 6. The van der Waals surface area contributed by atoms with E-state index in [1.807, 2.05) is 43.5 Å². The zero-order chi connectivity index (χ0) is 17.9. The fraction of sp³-hybridized carbons (Fsp3) is 0.167. The van der Waals surface area contributed by atoms with E-state index in [2.05, 4.69) is 49.8 Å². The number of anilines is 1. The van der Waals surface area contributed by atoms with Crippen LogP contribution < -0.4 is 5.32 Å². The van der Waals surface area contributed by atoms with Gasteiger partial charge in [0.25, 0.3) is 0 Å². The zero-order valence-electron chi connectivity index (χ0n) is 14.5. The average molecular weight is 346 g/mol. The Labute approximate surface area is 150 Å². The summed E-state index contributed by atoms with van der Waals surface area (Å²) in [6.07, 6.45) is 5.06. The van der Waals surface area contributed by atoms with Gasteiger partial charge in [-0.1, -0.05) is 12.1 Å². The fourth-order valence-electron chi connectivity index (χ4n) is 2.63. The second-order valence-corrected chi connectivity index (χ2v) is 5.98. The number of aryl methyl sites for hydroxylation is 1. The third kappa shape index (κ3) is 3.30. The molecule has 0 amide bonds. The maximum absolute atomic E-state index is 4.33. The number of aromatic nitrogens is 7. The molecule has 0 fully saturated rings. The lowest BCUT2D eigenvalue weighted by Gasteiger charge is -2.15. The van der Waals surface area contributed by atoms with Crippen molar-refractivity contribution in [1.82, 2.24) is 34.7 Å². The quantitative estimate of drug-likeness (QED) is 0.598. The molecule has 4 aromatic rings. The lowest BCUT2D eigenvalue weighted by atomic mass is 10.1. The monoisotopic (exact) mass is 346 g/mol. The van der Waals surface area contributed by atoms with Crippen molar-refractivity contribution in [3.63, 3.8) is 0 Å². The summed E-state index contributed by atoms with van der Waals surface area (Å²) in [5.41, 5.74) is 3.05. The highest BCUT2D eigenvalue weighted by molar-refractivity contribution is 5.41. The molecule has 0 aliphatic rings. The van der Waals surface area contributed by atoms with Gasteiger partial charge in [0.2, 0.25) is 0 Å². The minimum absolute atomic E-state index is 0.0897. The smallest absolute Gasteiger partial charge is 0.175 e. The summed E-state index contributed by atoms with van der Waals surface area (Å²) < 4.78 is 3.43. The first-order chi connectivity index (χ1) is 12.7. The van der Waals surface area contributed by atoms with E-state index in [4.69, 9.17) is 0 Å². The molecule has 0 aliphatic heterocycles. The molecule has 1 aromatic carbocycles. The van der Waals surface area contributed by atoms with Crippen LogP contribution in [0, 0.1) is 6.92 Å². The van der Waals surface area contributed by atoms with E-state index < -0.39 is 0 Å². The molecule has 4 rings (SSSR count). The van der Waals surface area contributed by atoms with E-state index in [-0.39, 0.29) is 6.04 Å². The molecule has 1 N–H and O–H groups in total. The zero-order valence-corrected chi connectivity index (χ0v) is 14.5. The molecule has 0 spiro atoms. The van der Waals surface area contributed by atoms with Crippen LogP contribution in [-0.2, 0) is 0 Å². The van der Waals surface area contributed by atoms with Gasteiger partial charge in [0.05, 0.1) is 17.4 Å². The highest BCUT2D eigenvalue weighted by Gasteiger charge is 2.08. The largest absolute Gasteiger partial charge is 0.362 e. The van der Waals surface area contributed by atoms with Crippen molar-refractivity contribution in [2.45, 2.75) is 19.9 Å². The molecular weight excluding hydrogens is 328 g/mol. The first-order valence-electron chi connectivity index (χ1n) is 8.27. The van der Waals surface area contributed by atoms with Gasteiger partial charge in [-0.2, -0.15) is 10.2 Å². The SMILES string of the molecule is Cc1ccn(-c2ccc(N[C@@H](C)c3ccc(-n4cncn4)cc3)nn2)n1. The van der Waals surface area contributed by atoms with Crippen molar-refractivity contribution in [3.8, 4) is 11.5 Å². The van der Waals surface area contributed by atoms with Gasteiger partial charge in [-0.25, -0.2) is 14.3 Å². The van der Waals surface area contributed by atoms with Crippen LogP contribution in [0.1, 0.15) is 24.2 Å². The van der Waals surface area contributed by atoms with E-state index in [0.717, 1.165) is 16.9 Å². The van der Waals surface area contributed by atoms with E-state index in [1.165, 1.54) is 6.33 Å². The molecule has 0 aliphatic carbocycles. The van der Waals surface area contributed by atoms with Crippen molar-refractivity contribution in [2.75, 3.05) is 5.32 Å². The van der Waals surface area contributed by atoms with Crippen LogP contribution >= 0.6 is 0 Å². The molecule has 8 nitrogen and oxygen atoms in total. The highest BCUT2D eigenvalue weighted by Crippen LogP contribution is 2.19. The van der Waals surface area contributed by atoms with Gasteiger partial charge >= 0.3 is 0 Å². The molecule has 0 unspecified atom stereocenters. The molecule has 1 atom stereocenters. The molecule has 0 bridgehead atoms. The molecule has 3 aromatic heterocycles. The average Bonchev–Trinajstić information content (AvgIpc) is 3.34. The predicted molar refractivity (Wildman–Crippen MR) is 97.3 cm³/mol. The molecule has 3 heterocycles. The fourth-order valence-corrected chi connectivity index (χ4v) is 2.63. The van der Waals surface area contributed by atoms with Crippen LogP contribution in [0.4, 0.5) is 5.82 Å². The lowest BCUT2D eigenvalue weighted by Crippen LogP contribution is -2.09. The maximum atomic E-state index is 4.33. The topological polar surface area (TPSA) is 86.3 Å². The first kappa shape index (κ1) is 15.9. The molecular formula is C18H18N8. The molecule has 0 saturated heterocycles. The standard InChI is InChI=1S/C18H18N8/c1-13-9-10-25(24-13)18-8-7-17(22-23-18)21-14(2)15-3-5-16(6-4-15)26-12-19-11-20-26/h3-12,14H,1-2H3,(H,21,22)/t14-/m0/s1. The number of hydrogen-bond donors (Lipinski definition) is 1. The Kier molecular flexibility index (Phi) is 4.14. The highest BCUT2D eigenvalue weighted by atomic mass is 15.3. The Morgan fingerprint density at radius 3 is 2.42 bits per heavy atom. The van der Waals surface area contributed by atoms with Crippen LogP contribution in [0.3, 0.4) is 0 Å². The van der Waals surface area contributed by atoms with Gasteiger partial charge in [0.1, 0.15) is 18.5 Å². The number of nitrogens with zero attached hydrogens (tertiary/aromatic N) is 7. The number of nitrogens with one attached hydrogen (secondary N) is 1. The van der Waals surface area contributed by atoms with Gasteiger partial charge in [-0.3, -0.25) is 0 Å². The van der Waals surface area contributed by atoms with Crippen molar-refractivity contribution in [2.24, 2.45) is 0 Å². The van der Waals surface area contributed by atoms with E-state index in [9.17, 15) is 0 Å². The van der Waals surface area contributed by atoms with Gasteiger partial charge in [-0.15, -0.1) is 10.2 Å². The van der Waals surface area contributed by atoms with E-state index >= 15 is 0 Å². The first-order valence-corrected chi connectivity index (χ1v) is 8.27. The Morgan fingerprint density at radius 1 is 0.962 bits per heavy atom. The summed E-state index contributed by atoms with van der Waals surface area (Å²) >= 11 is 0. The van der Waals surface area contributed by atoms with Crippen molar-refractivity contribution >= 4 is 5.82 Å². The Hall–Kier alpha value is -3.55. The number of rotatable bonds is 5. The van der Waals surface area contributed by atoms with Crippen LogP contribution in [0.25, 0.3) is 11.5 Å². The summed E-state index contributed by atoms with van der Waals surface area (Å²) in [6.45, 7) is 4.02. The molecule has 26 heavy (non-hydrogen) atoms. The molecule has 0 radical (unpaired) electrons. The lowest BCUT2D eigenvalue weighted by molar-refractivity contribution is 0.795. The summed E-state index contributed by atoms with van der Waals surface area (Å²) in [5.74, 6) is 1.40.